The van der Waals surface area contributed by atoms with Crippen molar-refractivity contribution in [2.24, 2.45) is 7.05 Å². The van der Waals surface area contributed by atoms with Crippen molar-refractivity contribution in [3.05, 3.63) is 65.4 Å². The number of hydrogen-bond donors (Lipinski definition) is 3. The van der Waals surface area contributed by atoms with Crippen molar-refractivity contribution in [3.63, 3.8) is 0 Å². The second-order valence-corrected chi connectivity index (χ2v) is 6.08. The third kappa shape index (κ3) is 2.55. The van der Waals surface area contributed by atoms with Crippen LogP contribution in [-0.2, 0) is 12.6 Å². The fourth-order valence-corrected chi connectivity index (χ4v) is 3.24. The number of rotatable bonds is 4. The number of hydrogen-bond acceptors (Lipinski definition) is 3. The van der Waals surface area contributed by atoms with Gasteiger partial charge in [-0.15, -0.1) is 0 Å². The van der Waals surface area contributed by atoms with Gasteiger partial charge in [-0.2, -0.15) is 13.2 Å². The van der Waals surface area contributed by atoms with E-state index >= 15 is 0 Å². The monoisotopic (exact) mass is 361 g/mol. The van der Waals surface area contributed by atoms with Crippen LogP contribution in [0.2, 0.25) is 0 Å². The van der Waals surface area contributed by atoms with Crippen LogP contribution in [-0.4, -0.2) is 29.1 Å². The molecule has 136 valence electrons. The molecule has 26 heavy (non-hydrogen) atoms. The van der Waals surface area contributed by atoms with Crippen LogP contribution in [0.3, 0.4) is 0 Å². The standard InChI is InChI=1S/C19H18F3N3O/c1-24-16-8-7-13(9-12(16)10-23)18(26,19(20,21)22)15-11-25(2)17-6-4-3-5-14(15)17/h3-11,23-24,26H,1-2H3. The first-order chi connectivity index (χ1) is 12.2. The summed E-state index contributed by atoms with van der Waals surface area (Å²) in [5.74, 6) is 0. The van der Waals surface area contributed by atoms with Crippen molar-refractivity contribution in [2.45, 2.75) is 11.8 Å². The van der Waals surface area contributed by atoms with E-state index in [0.29, 0.717) is 16.6 Å². The van der Waals surface area contributed by atoms with Gasteiger partial charge in [-0.1, -0.05) is 24.3 Å². The Bertz CT molecular complexity index is 978. The lowest BCUT2D eigenvalue weighted by molar-refractivity contribution is -0.247. The molecular weight excluding hydrogens is 343 g/mol. The van der Waals surface area contributed by atoms with E-state index < -0.39 is 11.8 Å². The van der Waals surface area contributed by atoms with Gasteiger partial charge in [0.15, 0.2) is 0 Å². The number of alkyl halides is 3. The lowest BCUT2D eigenvalue weighted by Gasteiger charge is -2.31. The van der Waals surface area contributed by atoms with Crippen LogP contribution in [0.5, 0.6) is 0 Å². The molecule has 0 radical (unpaired) electrons. The van der Waals surface area contributed by atoms with Gasteiger partial charge in [0.05, 0.1) is 0 Å². The molecule has 3 N–H and O–H groups in total. The first kappa shape index (κ1) is 18.0. The number of benzene rings is 2. The summed E-state index contributed by atoms with van der Waals surface area (Å²) in [6.07, 6.45) is -2.69. The highest BCUT2D eigenvalue weighted by molar-refractivity contribution is 5.88. The normalized spacial score (nSPS) is 14.2. The lowest BCUT2D eigenvalue weighted by atomic mass is 9.84. The topological polar surface area (TPSA) is 61.0 Å². The molecule has 0 aliphatic rings. The lowest BCUT2D eigenvalue weighted by Crippen LogP contribution is -2.43. The zero-order chi connectivity index (χ0) is 19.1. The summed E-state index contributed by atoms with van der Waals surface area (Å²) in [6.45, 7) is 0. The molecule has 1 aromatic heterocycles. The Labute approximate surface area is 148 Å². The fourth-order valence-electron chi connectivity index (χ4n) is 3.24. The highest BCUT2D eigenvalue weighted by Gasteiger charge is 2.57. The van der Waals surface area contributed by atoms with Crippen molar-refractivity contribution in [1.82, 2.24) is 4.57 Å². The summed E-state index contributed by atoms with van der Waals surface area (Å²) in [5.41, 5.74) is -2.42. The number of aryl methyl sites for hydroxylation is 1. The zero-order valence-electron chi connectivity index (χ0n) is 14.2. The van der Waals surface area contributed by atoms with Gasteiger partial charge in [-0.05, 0) is 23.8 Å². The van der Waals surface area contributed by atoms with E-state index in [2.05, 4.69) is 5.32 Å². The first-order valence-corrected chi connectivity index (χ1v) is 7.90. The summed E-state index contributed by atoms with van der Waals surface area (Å²) in [4.78, 5) is 0. The average Bonchev–Trinajstić information content (AvgIpc) is 2.97. The molecule has 3 aromatic rings. The van der Waals surface area contributed by atoms with Gasteiger partial charge in [0, 0.05) is 54.2 Å². The van der Waals surface area contributed by atoms with Gasteiger partial charge in [0.1, 0.15) is 0 Å². The van der Waals surface area contributed by atoms with Crippen molar-refractivity contribution < 1.29 is 18.3 Å². The molecule has 0 bridgehead atoms. The predicted molar refractivity (Wildman–Crippen MR) is 95.8 cm³/mol. The molecule has 0 saturated heterocycles. The molecule has 3 rings (SSSR count). The molecule has 2 aromatic carbocycles. The number of nitrogens with zero attached hydrogens (tertiary/aromatic N) is 1. The number of aromatic nitrogens is 1. The summed E-state index contributed by atoms with van der Waals surface area (Å²) in [6, 6.07) is 10.5. The van der Waals surface area contributed by atoms with E-state index in [4.69, 9.17) is 5.41 Å². The maximum atomic E-state index is 14.1. The highest BCUT2D eigenvalue weighted by Crippen LogP contribution is 2.47. The zero-order valence-corrected chi connectivity index (χ0v) is 14.2. The van der Waals surface area contributed by atoms with Crippen LogP contribution in [0.25, 0.3) is 10.9 Å². The Balaban J connectivity index is 2.34. The second kappa shape index (κ2) is 6.17. The van der Waals surface area contributed by atoms with E-state index in [1.165, 1.54) is 24.4 Å². The third-order valence-corrected chi connectivity index (χ3v) is 4.59. The molecule has 1 heterocycles. The fraction of sp³-hybridized carbons (Fsp3) is 0.211. The van der Waals surface area contributed by atoms with Gasteiger partial charge in [0.25, 0.3) is 0 Å². The Morgan fingerprint density at radius 3 is 2.46 bits per heavy atom. The highest BCUT2D eigenvalue weighted by atomic mass is 19.4. The average molecular weight is 361 g/mol. The van der Waals surface area contributed by atoms with Crippen molar-refractivity contribution >= 4 is 22.8 Å². The molecule has 0 aliphatic heterocycles. The van der Waals surface area contributed by atoms with Crippen molar-refractivity contribution in [3.8, 4) is 0 Å². The molecular formula is C19H18F3N3O. The Hall–Kier alpha value is -2.80. The molecule has 0 saturated carbocycles. The van der Waals surface area contributed by atoms with Crippen molar-refractivity contribution in [1.29, 1.82) is 5.41 Å². The largest absolute Gasteiger partial charge is 0.425 e. The molecule has 1 atom stereocenters. The van der Waals surface area contributed by atoms with Crippen LogP contribution in [0, 0.1) is 5.41 Å². The Morgan fingerprint density at radius 2 is 1.85 bits per heavy atom. The number of fused-ring (bicyclic) bond motifs is 1. The molecule has 0 fully saturated rings. The van der Waals surface area contributed by atoms with Gasteiger partial charge in [-0.25, -0.2) is 0 Å². The van der Waals surface area contributed by atoms with Crippen molar-refractivity contribution in [2.75, 3.05) is 12.4 Å². The van der Waals surface area contributed by atoms with Crippen LogP contribution in [0.15, 0.2) is 48.7 Å². The minimum absolute atomic E-state index is 0.240. The van der Waals surface area contributed by atoms with E-state index in [1.54, 1.807) is 42.9 Å². The molecule has 1 unspecified atom stereocenters. The first-order valence-electron chi connectivity index (χ1n) is 7.90. The number of anilines is 1. The minimum Gasteiger partial charge on any atom is -0.388 e. The van der Waals surface area contributed by atoms with E-state index in [-0.39, 0.29) is 16.7 Å². The summed E-state index contributed by atoms with van der Waals surface area (Å²) < 4.78 is 43.9. The molecule has 7 heteroatoms. The second-order valence-electron chi connectivity index (χ2n) is 6.08. The number of halogens is 3. The quantitative estimate of drug-likeness (QED) is 0.615. The summed E-state index contributed by atoms with van der Waals surface area (Å²) >= 11 is 0. The minimum atomic E-state index is -4.95. The number of nitrogens with one attached hydrogen (secondary N) is 2. The maximum Gasteiger partial charge on any atom is 0.425 e. The molecule has 0 aliphatic carbocycles. The van der Waals surface area contributed by atoms with E-state index in [1.807, 2.05) is 0 Å². The Kier molecular flexibility index (Phi) is 4.28. The molecule has 0 amide bonds. The molecule has 4 nitrogen and oxygen atoms in total. The van der Waals surface area contributed by atoms with Gasteiger partial charge >= 0.3 is 6.18 Å². The van der Waals surface area contributed by atoms with Gasteiger partial charge in [-0.3, -0.25) is 0 Å². The van der Waals surface area contributed by atoms with Crippen LogP contribution in [0.4, 0.5) is 18.9 Å². The van der Waals surface area contributed by atoms with E-state index in [0.717, 1.165) is 6.21 Å². The van der Waals surface area contributed by atoms with E-state index in [9.17, 15) is 18.3 Å². The van der Waals surface area contributed by atoms with Crippen LogP contribution in [0.1, 0.15) is 16.7 Å². The summed E-state index contributed by atoms with van der Waals surface area (Å²) in [5, 5.41) is 21.5. The number of para-hydroxylation sites is 1. The van der Waals surface area contributed by atoms with Crippen LogP contribution >= 0.6 is 0 Å². The third-order valence-electron chi connectivity index (χ3n) is 4.59. The molecule has 0 spiro atoms. The predicted octanol–water partition coefficient (Wildman–Crippen LogP) is 4.02. The van der Waals surface area contributed by atoms with Gasteiger partial charge < -0.3 is 20.4 Å². The number of aliphatic hydroxyl groups is 1. The smallest absolute Gasteiger partial charge is 0.388 e. The van der Waals surface area contributed by atoms with Crippen LogP contribution < -0.4 is 5.32 Å². The Morgan fingerprint density at radius 1 is 1.15 bits per heavy atom. The maximum absolute atomic E-state index is 14.1. The summed E-state index contributed by atoms with van der Waals surface area (Å²) in [7, 11) is 3.25. The van der Waals surface area contributed by atoms with Gasteiger partial charge in [0.2, 0.25) is 5.60 Å². The SMILES string of the molecule is CNc1ccc(C(O)(c2cn(C)c3ccccc23)C(F)(F)F)cc1C=N.